The summed E-state index contributed by atoms with van der Waals surface area (Å²) >= 11 is 0. The van der Waals surface area contributed by atoms with Gasteiger partial charge in [-0.2, -0.15) is 0 Å². The Labute approximate surface area is 209 Å². The lowest BCUT2D eigenvalue weighted by atomic mass is 10.1. The highest BCUT2D eigenvalue weighted by Gasteiger charge is 2.34. The van der Waals surface area contributed by atoms with Crippen LogP contribution in [0.2, 0.25) is 0 Å². The van der Waals surface area contributed by atoms with Gasteiger partial charge >= 0.3 is 6.09 Å². The van der Waals surface area contributed by atoms with Gasteiger partial charge in [0.25, 0.3) is 5.91 Å². The van der Waals surface area contributed by atoms with Crippen LogP contribution in [0.4, 0.5) is 4.79 Å². The number of amides is 2. The molecule has 1 aliphatic rings. The summed E-state index contributed by atoms with van der Waals surface area (Å²) in [6, 6.07) is 7.85. The van der Waals surface area contributed by atoms with Crippen molar-refractivity contribution in [3.8, 4) is 0 Å². The van der Waals surface area contributed by atoms with Gasteiger partial charge in [0.2, 0.25) is 0 Å². The predicted molar refractivity (Wildman–Crippen MR) is 139 cm³/mol. The fourth-order valence-electron chi connectivity index (χ4n) is 3.08. The largest absolute Gasteiger partial charge is 0.444 e. The highest BCUT2D eigenvalue weighted by molar-refractivity contribution is 14.0. The molecule has 3 N–H and O–H groups in total. The Morgan fingerprint density at radius 3 is 2.53 bits per heavy atom. The quantitative estimate of drug-likeness (QED) is 0.246. The van der Waals surface area contributed by atoms with Crippen molar-refractivity contribution in [2.24, 2.45) is 4.99 Å². The number of benzene rings is 1. The van der Waals surface area contributed by atoms with Crippen LogP contribution in [0.3, 0.4) is 0 Å². The van der Waals surface area contributed by atoms with E-state index in [9.17, 15) is 9.59 Å². The Morgan fingerprint density at radius 2 is 1.94 bits per heavy atom. The molecular weight excluding hydrogens is 521 g/mol. The van der Waals surface area contributed by atoms with Crippen LogP contribution in [0, 0.1) is 0 Å². The van der Waals surface area contributed by atoms with Crippen molar-refractivity contribution in [1.29, 1.82) is 0 Å². The summed E-state index contributed by atoms with van der Waals surface area (Å²) in [4.78, 5) is 30.7. The first kappa shape index (κ1) is 28.0. The fourth-order valence-corrected chi connectivity index (χ4v) is 3.08. The molecule has 180 valence electrons. The van der Waals surface area contributed by atoms with E-state index in [0.29, 0.717) is 31.2 Å². The Morgan fingerprint density at radius 1 is 1.22 bits per heavy atom. The average molecular weight is 559 g/mol. The van der Waals surface area contributed by atoms with Gasteiger partial charge in [-0.25, -0.2) is 4.79 Å². The summed E-state index contributed by atoms with van der Waals surface area (Å²) < 4.78 is 5.54. The van der Waals surface area contributed by atoms with Gasteiger partial charge in [-0.15, -0.1) is 24.0 Å². The molecule has 0 saturated heterocycles. The van der Waals surface area contributed by atoms with Gasteiger partial charge in [0.15, 0.2) is 5.96 Å². The maximum Gasteiger partial charge on any atom is 0.410 e. The smallest absolute Gasteiger partial charge is 0.410 e. The first-order valence-electron chi connectivity index (χ1n) is 11.1. The van der Waals surface area contributed by atoms with Crippen LogP contribution in [0.1, 0.15) is 56.5 Å². The molecular formula is C23H38IN5O3. The first-order valence-corrected chi connectivity index (χ1v) is 11.1. The van der Waals surface area contributed by atoms with Crippen LogP contribution < -0.4 is 16.0 Å². The average Bonchev–Trinajstić information content (AvgIpc) is 3.54. The van der Waals surface area contributed by atoms with Gasteiger partial charge in [0.1, 0.15) is 5.60 Å². The molecule has 9 heteroatoms. The molecule has 0 unspecified atom stereocenters. The molecule has 2 amide bonds. The highest BCUT2D eigenvalue weighted by atomic mass is 127. The van der Waals surface area contributed by atoms with E-state index >= 15 is 0 Å². The molecule has 1 aliphatic carbocycles. The zero-order chi connectivity index (χ0) is 22.9. The van der Waals surface area contributed by atoms with Gasteiger partial charge in [-0.1, -0.05) is 12.1 Å². The second-order valence-corrected chi connectivity index (χ2v) is 8.62. The monoisotopic (exact) mass is 559 g/mol. The molecule has 1 aromatic rings. The van der Waals surface area contributed by atoms with Crippen molar-refractivity contribution in [3.63, 3.8) is 0 Å². The molecule has 32 heavy (non-hydrogen) atoms. The number of carbonyl (C=O) groups excluding carboxylic acids is 2. The second kappa shape index (κ2) is 13.5. The number of carbonyl (C=O) groups is 2. The summed E-state index contributed by atoms with van der Waals surface area (Å²) in [5, 5.41) is 9.18. The van der Waals surface area contributed by atoms with E-state index in [-0.39, 0.29) is 42.0 Å². The summed E-state index contributed by atoms with van der Waals surface area (Å²) in [5.41, 5.74) is 1.21. The third kappa shape index (κ3) is 10.1. The lowest BCUT2D eigenvalue weighted by Gasteiger charge is -2.27. The maximum absolute atomic E-state index is 12.5. The SMILES string of the molecule is CCNC(=NCCc1cccc(C(=O)NC)c1)NCCN(C(=O)OC(C)(C)C)C1CC1.I. The molecule has 1 saturated carbocycles. The van der Waals surface area contributed by atoms with Gasteiger partial charge in [0, 0.05) is 44.8 Å². The van der Waals surface area contributed by atoms with Crippen LogP contribution >= 0.6 is 24.0 Å². The minimum atomic E-state index is -0.497. The lowest BCUT2D eigenvalue weighted by molar-refractivity contribution is 0.0237. The van der Waals surface area contributed by atoms with Crippen molar-refractivity contribution < 1.29 is 14.3 Å². The molecule has 0 heterocycles. The van der Waals surface area contributed by atoms with E-state index in [0.717, 1.165) is 31.4 Å². The topological polar surface area (TPSA) is 95.1 Å². The standard InChI is InChI=1S/C23H37N5O3.HI/c1-6-25-21(26-13-12-17-8-7-9-18(16-17)20(29)24-5)27-14-15-28(19-10-11-19)22(30)31-23(2,3)4;/h7-9,16,19H,6,10-15H2,1-5H3,(H,24,29)(H2,25,26,27);1H. The zero-order valence-corrected chi connectivity index (χ0v) is 22.2. The van der Waals surface area contributed by atoms with Gasteiger partial charge in [0.05, 0.1) is 0 Å². The number of hydrogen-bond donors (Lipinski definition) is 3. The maximum atomic E-state index is 12.5. The van der Waals surface area contributed by atoms with Gasteiger partial charge < -0.3 is 25.6 Å². The minimum Gasteiger partial charge on any atom is -0.444 e. The van der Waals surface area contributed by atoms with Crippen LogP contribution in [0.15, 0.2) is 29.3 Å². The van der Waals surface area contributed by atoms with Crippen molar-refractivity contribution in [3.05, 3.63) is 35.4 Å². The fraction of sp³-hybridized carbons (Fsp3) is 0.609. The summed E-state index contributed by atoms with van der Waals surface area (Å²) in [6.07, 6.45) is 2.54. The number of nitrogens with one attached hydrogen (secondary N) is 3. The summed E-state index contributed by atoms with van der Waals surface area (Å²) in [5.74, 6) is 0.621. The minimum absolute atomic E-state index is 0. The molecule has 1 aromatic carbocycles. The highest BCUT2D eigenvalue weighted by Crippen LogP contribution is 2.28. The number of guanidine groups is 1. The normalized spacial score (nSPS) is 13.6. The predicted octanol–water partition coefficient (Wildman–Crippen LogP) is 3.16. The molecule has 0 bridgehead atoms. The molecule has 2 rings (SSSR count). The van der Waals surface area contributed by atoms with E-state index in [1.807, 2.05) is 50.8 Å². The number of nitrogens with zero attached hydrogens (tertiary/aromatic N) is 2. The molecule has 0 spiro atoms. The second-order valence-electron chi connectivity index (χ2n) is 8.62. The molecule has 1 fully saturated rings. The van der Waals surface area contributed by atoms with E-state index in [1.165, 1.54) is 0 Å². The Hall–Kier alpha value is -2.04. The van der Waals surface area contributed by atoms with E-state index in [1.54, 1.807) is 13.1 Å². The van der Waals surface area contributed by atoms with Crippen molar-refractivity contribution in [2.45, 2.75) is 58.6 Å². The summed E-state index contributed by atoms with van der Waals surface area (Å²) in [6.45, 7) is 10.2. The summed E-state index contributed by atoms with van der Waals surface area (Å²) in [7, 11) is 1.63. The number of halogens is 1. The third-order valence-electron chi connectivity index (χ3n) is 4.69. The molecule has 8 nitrogen and oxygen atoms in total. The Balaban J connectivity index is 0.00000512. The van der Waals surface area contributed by atoms with Crippen molar-refractivity contribution >= 4 is 41.9 Å². The molecule has 0 radical (unpaired) electrons. The van der Waals surface area contributed by atoms with Gasteiger partial charge in [-0.05, 0) is 64.7 Å². The van der Waals surface area contributed by atoms with E-state index in [2.05, 4.69) is 20.9 Å². The molecule has 0 atom stereocenters. The van der Waals surface area contributed by atoms with Crippen LogP contribution in [0.25, 0.3) is 0 Å². The number of aliphatic imine (C=N–C) groups is 1. The van der Waals surface area contributed by atoms with E-state index < -0.39 is 5.60 Å². The first-order chi connectivity index (χ1) is 14.7. The van der Waals surface area contributed by atoms with Crippen LogP contribution in [-0.4, -0.2) is 67.7 Å². The zero-order valence-electron chi connectivity index (χ0n) is 19.9. The number of ether oxygens (including phenoxy) is 1. The lowest BCUT2D eigenvalue weighted by Crippen LogP contribution is -2.45. The van der Waals surface area contributed by atoms with Crippen molar-refractivity contribution in [2.75, 3.05) is 33.2 Å². The number of hydrogen-bond acceptors (Lipinski definition) is 4. The Kier molecular flexibility index (Phi) is 11.8. The van der Waals surface area contributed by atoms with Crippen molar-refractivity contribution in [1.82, 2.24) is 20.9 Å². The molecule has 0 aliphatic heterocycles. The van der Waals surface area contributed by atoms with E-state index in [4.69, 9.17) is 4.74 Å². The third-order valence-corrected chi connectivity index (χ3v) is 4.69. The van der Waals surface area contributed by atoms with Crippen LogP contribution in [0.5, 0.6) is 0 Å². The van der Waals surface area contributed by atoms with Crippen LogP contribution in [-0.2, 0) is 11.2 Å². The number of rotatable bonds is 9. The Bertz CT molecular complexity index is 775. The van der Waals surface area contributed by atoms with Gasteiger partial charge in [-0.3, -0.25) is 9.79 Å². The molecule has 0 aromatic heterocycles.